The summed E-state index contributed by atoms with van der Waals surface area (Å²) in [6.07, 6.45) is 3.65. The highest BCUT2D eigenvalue weighted by Gasteiger charge is 2.32. The fraction of sp³-hybridized carbons (Fsp3) is 0.625. The molecule has 0 radical (unpaired) electrons. The van der Waals surface area contributed by atoms with E-state index in [2.05, 4.69) is 24.8 Å². The molecule has 1 heterocycles. The second-order valence-corrected chi connectivity index (χ2v) is 6.78. The quantitative estimate of drug-likeness (QED) is 0.889. The Morgan fingerprint density at radius 1 is 1.30 bits per heavy atom. The van der Waals surface area contributed by atoms with Crippen molar-refractivity contribution >= 4 is 23.2 Å². The summed E-state index contributed by atoms with van der Waals surface area (Å²) < 4.78 is 0. The summed E-state index contributed by atoms with van der Waals surface area (Å²) in [4.78, 5) is 2.54. The normalized spacial score (nSPS) is 24.9. The van der Waals surface area contributed by atoms with Gasteiger partial charge in [0.15, 0.2) is 0 Å². The van der Waals surface area contributed by atoms with E-state index in [1.165, 1.54) is 24.8 Å². The molecule has 2 N–H and O–H groups in total. The molecule has 0 aliphatic carbocycles. The fourth-order valence-corrected chi connectivity index (χ4v) is 3.79. The molecule has 2 unspecified atom stereocenters. The second-order valence-electron chi connectivity index (χ2n) is 5.93. The lowest BCUT2D eigenvalue weighted by Crippen LogP contribution is -2.40. The summed E-state index contributed by atoms with van der Waals surface area (Å²) in [6, 6.07) is 6.62. The Bertz CT molecular complexity index is 448. The van der Waals surface area contributed by atoms with Crippen LogP contribution in [-0.4, -0.2) is 24.0 Å². The van der Waals surface area contributed by atoms with Crippen molar-refractivity contribution in [3.05, 3.63) is 33.8 Å². The van der Waals surface area contributed by atoms with E-state index in [9.17, 15) is 0 Å². The predicted octanol–water partition coefficient (Wildman–Crippen LogP) is 4.50. The molecule has 1 saturated heterocycles. The Labute approximate surface area is 132 Å². The average molecular weight is 315 g/mol. The van der Waals surface area contributed by atoms with Gasteiger partial charge in [0, 0.05) is 22.1 Å². The van der Waals surface area contributed by atoms with Crippen LogP contribution in [0, 0.1) is 5.92 Å². The van der Waals surface area contributed by atoms with E-state index < -0.39 is 0 Å². The summed E-state index contributed by atoms with van der Waals surface area (Å²) in [5.41, 5.74) is 7.22. The van der Waals surface area contributed by atoms with Crippen LogP contribution in [0.5, 0.6) is 0 Å². The molecule has 1 aromatic carbocycles. The van der Waals surface area contributed by atoms with Gasteiger partial charge in [-0.2, -0.15) is 0 Å². The van der Waals surface area contributed by atoms with Gasteiger partial charge in [-0.1, -0.05) is 35.7 Å². The van der Waals surface area contributed by atoms with Gasteiger partial charge in [-0.3, -0.25) is 4.90 Å². The largest absolute Gasteiger partial charge is 0.330 e. The maximum Gasteiger partial charge on any atom is 0.0468 e. The molecule has 2 rings (SSSR count). The zero-order valence-electron chi connectivity index (χ0n) is 12.3. The van der Waals surface area contributed by atoms with Crippen molar-refractivity contribution in [3.8, 4) is 0 Å². The van der Waals surface area contributed by atoms with Crippen LogP contribution in [-0.2, 0) is 0 Å². The predicted molar refractivity (Wildman–Crippen MR) is 87.4 cm³/mol. The lowest BCUT2D eigenvalue weighted by atomic mass is 9.88. The molecule has 0 bridgehead atoms. The van der Waals surface area contributed by atoms with Crippen LogP contribution in [0.25, 0.3) is 0 Å². The molecule has 0 saturated carbocycles. The average Bonchev–Trinajstić information content (AvgIpc) is 2.61. The third-order valence-electron chi connectivity index (χ3n) is 4.29. The minimum absolute atomic E-state index is 0.298. The summed E-state index contributed by atoms with van der Waals surface area (Å²) in [5, 5.41) is 1.45. The first-order valence-corrected chi connectivity index (χ1v) is 8.21. The molecule has 1 aliphatic rings. The second kappa shape index (κ2) is 7.13. The van der Waals surface area contributed by atoms with Crippen molar-refractivity contribution in [3.63, 3.8) is 0 Å². The number of nitrogens with zero attached hydrogens (tertiary/aromatic N) is 1. The zero-order valence-corrected chi connectivity index (χ0v) is 13.8. The molecular weight excluding hydrogens is 291 g/mol. The lowest BCUT2D eigenvalue weighted by Gasteiger charge is -2.38. The first kappa shape index (κ1) is 16.1. The van der Waals surface area contributed by atoms with Gasteiger partial charge in [0.05, 0.1) is 0 Å². The van der Waals surface area contributed by atoms with E-state index in [1.54, 1.807) is 0 Å². The summed E-state index contributed by atoms with van der Waals surface area (Å²) in [5.74, 6) is 0.457. The van der Waals surface area contributed by atoms with E-state index in [0.29, 0.717) is 29.6 Å². The topological polar surface area (TPSA) is 29.3 Å². The van der Waals surface area contributed by atoms with Gasteiger partial charge >= 0.3 is 0 Å². The number of nitrogens with two attached hydrogens (primary N) is 1. The van der Waals surface area contributed by atoms with Crippen molar-refractivity contribution in [2.24, 2.45) is 11.7 Å². The van der Waals surface area contributed by atoms with Crippen molar-refractivity contribution in [1.82, 2.24) is 4.90 Å². The number of benzene rings is 1. The Balaban J connectivity index is 2.43. The summed E-state index contributed by atoms with van der Waals surface area (Å²) >= 11 is 12.5. The SMILES string of the molecule is CC(C)N1CCCCC(CN)C1c1ccc(Cl)cc1Cl. The highest BCUT2D eigenvalue weighted by atomic mass is 35.5. The number of likely N-dealkylation sites (tertiary alicyclic amines) is 1. The smallest absolute Gasteiger partial charge is 0.0468 e. The summed E-state index contributed by atoms with van der Waals surface area (Å²) in [7, 11) is 0. The van der Waals surface area contributed by atoms with E-state index in [-0.39, 0.29) is 0 Å². The number of rotatable bonds is 3. The maximum atomic E-state index is 6.46. The Morgan fingerprint density at radius 3 is 2.65 bits per heavy atom. The van der Waals surface area contributed by atoms with Gasteiger partial charge in [0.25, 0.3) is 0 Å². The molecule has 20 heavy (non-hydrogen) atoms. The van der Waals surface area contributed by atoms with Gasteiger partial charge in [-0.25, -0.2) is 0 Å². The summed E-state index contributed by atoms with van der Waals surface area (Å²) in [6.45, 7) is 6.30. The van der Waals surface area contributed by atoms with Gasteiger partial charge in [0.1, 0.15) is 0 Å². The van der Waals surface area contributed by atoms with Crippen LogP contribution in [0.4, 0.5) is 0 Å². The van der Waals surface area contributed by atoms with Gasteiger partial charge in [0.2, 0.25) is 0 Å². The molecule has 0 spiro atoms. The van der Waals surface area contributed by atoms with Gasteiger partial charge in [-0.15, -0.1) is 0 Å². The standard InChI is InChI=1S/C16H24Cl2N2/c1-11(2)20-8-4-3-5-12(10-19)16(20)14-7-6-13(17)9-15(14)18/h6-7,9,11-12,16H,3-5,8,10,19H2,1-2H3. The third kappa shape index (κ3) is 3.48. The molecule has 1 aromatic rings. The Morgan fingerprint density at radius 2 is 2.05 bits per heavy atom. The first-order valence-electron chi connectivity index (χ1n) is 7.45. The number of halogens is 2. The van der Waals surface area contributed by atoms with Crippen molar-refractivity contribution in [1.29, 1.82) is 0 Å². The van der Waals surface area contributed by atoms with Crippen LogP contribution >= 0.6 is 23.2 Å². The maximum absolute atomic E-state index is 6.46. The molecule has 2 nitrogen and oxygen atoms in total. The van der Waals surface area contributed by atoms with E-state index in [1.807, 2.05) is 12.1 Å². The molecule has 112 valence electrons. The van der Waals surface area contributed by atoms with Crippen LogP contribution in [0.2, 0.25) is 10.0 Å². The fourth-order valence-electron chi connectivity index (χ4n) is 3.27. The molecule has 1 aliphatic heterocycles. The van der Waals surface area contributed by atoms with E-state index >= 15 is 0 Å². The number of hydrogen-bond acceptors (Lipinski definition) is 2. The van der Waals surface area contributed by atoms with Gasteiger partial charge in [-0.05, 0) is 63.4 Å². The molecule has 4 heteroatoms. The van der Waals surface area contributed by atoms with Crippen LogP contribution in [0.15, 0.2) is 18.2 Å². The van der Waals surface area contributed by atoms with Gasteiger partial charge < -0.3 is 5.73 Å². The Hall–Kier alpha value is -0.280. The van der Waals surface area contributed by atoms with Crippen LogP contribution in [0.1, 0.15) is 44.7 Å². The van der Waals surface area contributed by atoms with Crippen LogP contribution < -0.4 is 5.73 Å². The monoisotopic (exact) mass is 314 g/mol. The molecule has 1 fully saturated rings. The molecular formula is C16H24Cl2N2. The van der Waals surface area contributed by atoms with Crippen molar-refractivity contribution in [2.45, 2.75) is 45.2 Å². The van der Waals surface area contributed by atoms with Crippen molar-refractivity contribution in [2.75, 3.05) is 13.1 Å². The first-order chi connectivity index (χ1) is 9.54. The highest BCUT2D eigenvalue weighted by molar-refractivity contribution is 6.35. The van der Waals surface area contributed by atoms with E-state index in [4.69, 9.17) is 28.9 Å². The minimum atomic E-state index is 0.298. The molecule has 2 atom stereocenters. The van der Waals surface area contributed by atoms with E-state index in [0.717, 1.165) is 11.6 Å². The lowest BCUT2D eigenvalue weighted by molar-refractivity contribution is 0.121. The third-order valence-corrected chi connectivity index (χ3v) is 4.85. The highest BCUT2D eigenvalue weighted by Crippen LogP contribution is 2.39. The molecule has 0 amide bonds. The minimum Gasteiger partial charge on any atom is -0.330 e. The van der Waals surface area contributed by atoms with Crippen LogP contribution in [0.3, 0.4) is 0 Å². The molecule has 0 aromatic heterocycles. The zero-order chi connectivity index (χ0) is 14.7. The van der Waals surface area contributed by atoms with Crippen molar-refractivity contribution < 1.29 is 0 Å². The Kier molecular flexibility index (Phi) is 5.74. The number of hydrogen-bond donors (Lipinski definition) is 1.